The highest BCUT2D eigenvalue weighted by atomic mass is 32.1. The minimum atomic E-state index is -0.138. The Hall–Kier alpha value is -2.18. The van der Waals surface area contributed by atoms with Gasteiger partial charge in [-0.2, -0.15) is 0 Å². The zero-order valence-corrected chi connectivity index (χ0v) is 16.2. The first-order valence-corrected chi connectivity index (χ1v) is 10.1. The van der Waals surface area contributed by atoms with Gasteiger partial charge in [0, 0.05) is 10.6 Å². The Labute approximate surface area is 158 Å². The molecular weight excluding hydrogens is 346 g/mol. The number of para-hydroxylation sites is 1. The quantitative estimate of drug-likeness (QED) is 0.699. The summed E-state index contributed by atoms with van der Waals surface area (Å²) in [6.07, 6.45) is 2.97. The van der Waals surface area contributed by atoms with Gasteiger partial charge in [-0.05, 0) is 50.8 Å². The molecule has 26 heavy (non-hydrogen) atoms. The number of aryl methyl sites for hydroxylation is 1. The van der Waals surface area contributed by atoms with Crippen LogP contribution in [-0.4, -0.2) is 31.4 Å². The normalized spacial score (nSPS) is 12.9. The predicted octanol–water partition coefficient (Wildman–Crippen LogP) is 2.35. The highest BCUT2D eigenvalue weighted by Gasteiger charge is 2.28. The summed E-state index contributed by atoms with van der Waals surface area (Å²) in [4.78, 5) is 27.8. The van der Waals surface area contributed by atoms with Crippen molar-refractivity contribution in [1.82, 2.24) is 0 Å². The summed E-state index contributed by atoms with van der Waals surface area (Å²) in [5.41, 5.74) is 2.52. The number of rotatable bonds is 7. The molecule has 0 saturated carbocycles. The summed E-state index contributed by atoms with van der Waals surface area (Å²) in [6, 6.07) is 9.44. The van der Waals surface area contributed by atoms with Crippen LogP contribution in [0.25, 0.3) is 0 Å². The second kappa shape index (κ2) is 8.47. The lowest BCUT2D eigenvalue weighted by Gasteiger charge is -2.15. The largest absolute Gasteiger partial charge is 0.328 e. The first kappa shape index (κ1) is 18.6. The molecule has 1 aromatic carbocycles. The van der Waals surface area contributed by atoms with Crippen molar-refractivity contribution in [3.05, 3.63) is 46.3 Å². The molecule has 1 aliphatic rings. The minimum Gasteiger partial charge on any atom is -0.328 e. The lowest BCUT2D eigenvalue weighted by molar-refractivity contribution is -0.888. The number of nitrogens with one attached hydrogen (secondary N) is 3. The Bertz CT molecular complexity index is 782. The molecule has 3 rings (SSSR count). The fourth-order valence-electron chi connectivity index (χ4n) is 3.35. The number of hydrogen-bond donors (Lipinski definition) is 3. The van der Waals surface area contributed by atoms with Gasteiger partial charge in [0.1, 0.15) is 5.00 Å². The summed E-state index contributed by atoms with van der Waals surface area (Å²) in [7, 11) is 0. The van der Waals surface area contributed by atoms with Crippen LogP contribution in [-0.2, 0) is 17.6 Å². The molecule has 0 saturated heterocycles. The highest BCUT2D eigenvalue weighted by Crippen LogP contribution is 2.39. The highest BCUT2D eigenvalue weighted by molar-refractivity contribution is 7.17. The average Bonchev–Trinajstić information content (AvgIpc) is 3.21. The molecule has 0 bridgehead atoms. The predicted molar refractivity (Wildman–Crippen MR) is 106 cm³/mol. The maximum absolute atomic E-state index is 12.9. The zero-order chi connectivity index (χ0) is 18.5. The van der Waals surface area contributed by atoms with E-state index >= 15 is 0 Å². The van der Waals surface area contributed by atoms with Gasteiger partial charge in [0.2, 0.25) is 0 Å². The second-order valence-electron chi connectivity index (χ2n) is 6.56. The van der Waals surface area contributed by atoms with Crippen LogP contribution in [0.3, 0.4) is 0 Å². The summed E-state index contributed by atoms with van der Waals surface area (Å²) >= 11 is 1.56. The van der Waals surface area contributed by atoms with Crippen molar-refractivity contribution in [2.75, 3.05) is 30.3 Å². The number of carbonyl (C=O) groups is 2. The molecule has 6 heteroatoms. The smallest absolute Gasteiger partial charge is 0.280 e. The molecule has 0 fully saturated rings. The van der Waals surface area contributed by atoms with Gasteiger partial charge < -0.3 is 15.5 Å². The summed E-state index contributed by atoms with van der Waals surface area (Å²) in [6.45, 7) is 6.39. The van der Waals surface area contributed by atoms with Crippen LogP contribution in [0.2, 0.25) is 0 Å². The Kier molecular flexibility index (Phi) is 6.06. The van der Waals surface area contributed by atoms with Crippen molar-refractivity contribution in [2.24, 2.45) is 0 Å². The van der Waals surface area contributed by atoms with Crippen molar-refractivity contribution in [3.63, 3.8) is 0 Å². The molecule has 0 atom stereocenters. The number of hydrogen-bond acceptors (Lipinski definition) is 3. The van der Waals surface area contributed by atoms with E-state index in [1.54, 1.807) is 11.3 Å². The third kappa shape index (κ3) is 4.14. The fourth-order valence-corrected chi connectivity index (χ4v) is 4.65. The third-order valence-corrected chi connectivity index (χ3v) is 6.05. The maximum atomic E-state index is 12.9. The molecule has 2 aromatic rings. The van der Waals surface area contributed by atoms with Gasteiger partial charge in [-0.25, -0.2) is 0 Å². The third-order valence-electron chi connectivity index (χ3n) is 4.84. The van der Waals surface area contributed by atoms with Crippen LogP contribution in [0.1, 0.15) is 41.1 Å². The Morgan fingerprint density at radius 3 is 2.50 bits per heavy atom. The molecular formula is C20H26N3O2S+. The molecule has 0 spiro atoms. The van der Waals surface area contributed by atoms with E-state index in [0.29, 0.717) is 17.1 Å². The van der Waals surface area contributed by atoms with E-state index in [1.807, 2.05) is 30.3 Å². The number of thiophene rings is 1. The number of quaternary nitrogens is 1. The average molecular weight is 373 g/mol. The van der Waals surface area contributed by atoms with E-state index in [0.717, 1.165) is 43.6 Å². The Morgan fingerprint density at radius 2 is 1.81 bits per heavy atom. The second-order valence-corrected chi connectivity index (χ2v) is 7.67. The van der Waals surface area contributed by atoms with E-state index in [9.17, 15) is 9.59 Å². The molecule has 138 valence electrons. The van der Waals surface area contributed by atoms with Crippen molar-refractivity contribution < 1.29 is 14.5 Å². The van der Waals surface area contributed by atoms with E-state index < -0.39 is 0 Å². The monoisotopic (exact) mass is 372 g/mol. The summed E-state index contributed by atoms with van der Waals surface area (Å²) in [5, 5.41) is 6.66. The lowest BCUT2D eigenvalue weighted by atomic mass is 10.1. The molecule has 5 nitrogen and oxygen atoms in total. The van der Waals surface area contributed by atoms with Crippen LogP contribution >= 0.6 is 11.3 Å². The Morgan fingerprint density at radius 1 is 1.08 bits per heavy atom. The molecule has 2 amide bonds. The van der Waals surface area contributed by atoms with Crippen LogP contribution in [0, 0.1) is 0 Å². The van der Waals surface area contributed by atoms with Gasteiger partial charge in [0.05, 0.1) is 18.7 Å². The SMILES string of the molecule is CC[NH+](CC)CC(=O)Nc1sc2c(c1C(=O)Nc1ccccc1)CCC2. The van der Waals surface area contributed by atoms with Crippen LogP contribution in [0.4, 0.5) is 10.7 Å². The molecule has 1 aromatic heterocycles. The molecule has 1 aliphatic carbocycles. The van der Waals surface area contributed by atoms with Gasteiger partial charge in [-0.1, -0.05) is 18.2 Å². The minimum absolute atomic E-state index is 0.0302. The first-order chi connectivity index (χ1) is 12.6. The molecule has 0 radical (unpaired) electrons. The van der Waals surface area contributed by atoms with Crippen molar-refractivity contribution in [2.45, 2.75) is 33.1 Å². The molecule has 3 N–H and O–H groups in total. The van der Waals surface area contributed by atoms with Gasteiger partial charge in [-0.3, -0.25) is 9.59 Å². The first-order valence-electron chi connectivity index (χ1n) is 9.26. The van der Waals surface area contributed by atoms with Crippen LogP contribution in [0.5, 0.6) is 0 Å². The number of likely N-dealkylation sites (N-methyl/N-ethyl adjacent to an activating group) is 1. The van der Waals surface area contributed by atoms with E-state index in [1.165, 1.54) is 9.78 Å². The fraction of sp³-hybridized carbons (Fsp3) is 0.400. The summed E-state index contributed by atoms with van der Waals surface area (Å²) in [5.74, 6) is -0.168. The van der Waals surface area contributed by atoms with Crippen molar-refractivity contribution in [3.8, 4) is 0 Å². The van der Waals surface area contributed by atoms with E-state index in [4.69, 9.17) is 0 Å². The summed E-state index contributed by atoms with van der Waals surface area (Å²) < 4.78 is 0. The van der Waals surface area contributed by atoms with Gasteiger partial charge >= 0.3 is 0 Å². The van der Waals surface area contributed by atoms with Crippen LogP contribution in [0.15, 0.2) is 30.3 Å². The van der Waals surface area contributed by atoms with Crippen molar-refractivity contribution in [1.29, 1.82) is 0 Å². The van der Waals surface area contributed by atoms with Gasteiger partial charge in [0.25, 0.3) is 11.8 Å². The number of anilines is 2. The molecule has 1 heterocycles. The van der Waals surface area contributed by atoms with Crippen LogP contribution < -0.4 is 15.5 Å². The van der Waals surface area contributed by atoms with Crippen molar-refractivity contribution >= 4 is 33.8 Å². The molecule has 0 aliphatic heterocycles. The molecule has 0 unspecified atom stereocenters. The standard InChI is InChI=1S/C20H25N3O2S/c1-3-23(4-2)13-17(24)22-20-18(15-11-8-12-16(15)26-20)19(25)21-14-9-6-5-7-10-14/h5-7,9-10H,3-4,8,11-13H2,1-2H3,(H,21,25)(H,22,24)/p+1. The van der Waals surface area contributed by atoms with Gasteiger partial charge in [-0.15, -0.1) is 11.3 Å². The zero-order valence-electron chi connectivity index (χ0n) is 15.4. The number of carbonyl (C=O) groups excluding carboxylic acids is 2. The number of fused-ring (bicyclic) bond motifs is 1. The Balaban J connectivity index is 1.80. The van der Waals surface area contributed by atoms with E-state index in [-0.39, 0.29) is 11.8 Å². The number of benzene rings is 1. The maximum Gasteiger partial charge on any atom is 0.280 e. The van der Waals surface area contributed by atoms with E-state index in [2.05, 4.69) is 24.5 Å². The number of amides is 2. The lowest BCUT2D eigenvalue weighted by Crippen LogP contribution is -3.12. The van der Waals surface area contributed by atoms with Gasteiger partial charge in [0.15, 0.2) is 6.54 Å². The topological polar surface area (TPSA) is 62.6 Å².